The van der Waals surface area contributed by atoms with Crippen molar-refractivity contribution in [2.24, 2.45) is 5.41 Å². The Kier molecular flexibility index (Phi) is 2.03. The predicted octanol–water partition coefficient (Wildman–Crippen LogP) is 1.83. The second kappa shape index (κ2) is 2.95. The summed E-state index contributed by atoms with van der Waals surface area (Å²) in [4.78, 5) is 11.2. The van der Waals surface area contributed by atoms with Gasteiger partial charge in [0.1, 0.15) is 0 Å². The SMILES string of the molecule is CC[C@@]12CCC(=O)C=C1[C@H](O)CC2. The smallest absolute Gasteiger partial charge is 0.155 e. The van der Waals surface area contributed by atoms with Crippen LogP contribution in [-0.2, 0) is 4.79 Å². The summed E-state index contributed by atoms with van der Waals surface area (Å²) in [5.41, 5.74) is 1.19. The number of hydrogen-bond donors (Lipinski definition) is 1. The van der Waals surface area contributed by atoms with Crippen LogP contribution in [0.15, 0.2) is 11.6 Å². The summed E-state index contributed by atoms with van der Waals surface area (Å²) in [6.45, 7) is 2.15. The summed E-state index contributed by atoms with van der Waals surface area (Å²) in [7, 11) is 0. The minimum absolute atomic E-state index is 0.174. The lowest BCUT2D eigenvalue weighted by Crippen LogP contribution is -2.26. The van der Waals surface area contributed by atoms with Gasteiger partial charge in [0, 0.05) is 6.42 Å². The maximum Gasteiger partial charge on any atom is 0.155 e. The van der Waals surface area contributed by atoms with E-state index in [0.29, 0.717) is 6.42 Å². The Morgan fingerprint density at radius 2 is 2.38 bits per heavy atom. The van der Waals surface area contributed by atoms with Gasteiger partial charge in [-0.05, 0) is 42.7 Å². The van der Waals surface area contributed by atoms with Crippen LogP contribution < -0.4 is 0 Å². The van der Waals surface area contributed by atoms with E-state index in [1.807, 2.05) is 0 Å². The van der Waals surface area contributed by atoms with E-state index in [9.17, 15) is 9.90 Å². The van der Waals surface area contributed by atoms with Crippen molar-refractivity contribution < 1.29 is 9.90 Å². The Balaban J connectivity index is 2.38. The predicted molar refractivity (Wildman–Crippen MR) is 50.3 cm³/mol. The second-order valence-electron chi connectivity index (χ2n) is 4.25. The van der Waals surface area contributed by atoms with Crippen LogP contribution >= 0.6 is 0 Å². The Morgan fingerprint density at radius 3 is 3.08 bits per heavy atom. The quantitative estimate of drug-likeness (QED) is 0.668. The fourth-order valence-electron chi connectivity index (χ4n) is 2.75. The largest absolute Gasteiger partial charge is 0.389 e. The average Bonchev–Trinajstić information content (AvgIpc) is 2.46. The van der Waals surface area contributed by atoms with Crippen LogP contribution in [0.25, 0.3) is 0 Å². The molecule has 1 N–H and O–H groups in total. The molecule has 72 valence electrons. The maximum absolute atomic E-state index is 11.2. The molecule has 0 bridgehead atoms. The third kappa shape index (κ3) is 1.24. The normalized spacial score (nSPS) is 38.8. The van der Waals surface area contributed by atoms with Crippen molar-refractivity contribution in [3.05, 3.63) is 11.6 Å². The summed E-state index contributed by atoms with van der Waals surface area (Å²) >= 11 is 0. The van der Waals surface area contributed by atoms with Gasteiger partial charge in [0.05, 0.1) is 6.10 Å². The maximum atomic E-state index is 11.2. The number of fused-ring (bicyclic) bond motifs is 1. The van der Waals surface area contributed by atoms with Gasteiger partial charge in [-0.1, -0.05) is 6.92 Å². The van der Waals surface area contributed by atoms with Crippen molar-refractivity contribution in [1.82, 2.24) is 0 Å². The fourth-order valence-corrected chi connectivity index (χ4v) is 2.75. The number of aliphatic hydroxyl groups is 1. The van der Waals surface area contributed by atoms with Crippen LogP contribution in [0.3, 0.4) is 0 Å². The van der Waals surface area contributed by atoms with E-state index in [1.54, 1.807) is 6.08 Å². The number of aliphatic hydroxyl groups excluding tert-OH is 1. The monoisotopic (exact) mass is 180 g/mol. The molecule has 1 saturated carbocycles. The molecule has 0 aromatic heterocycles. The van der Waals surface area contributed by atoms with Crippen molar-refractivity contribution in [2.45, 2.75) is 45.1 Å². The third-order valence-corrected chi connectivity index (χ3v) is 3.71. The first-order valence-electron chi connectivity index (χ1n) is 5.11. The van der Waals surface area contributed by atoms with Gasteiger partial charge < -0.3 is 5.11 Å². The van der Waals surface area contributed by atoms with Crippen LogP contribution in [0.5, 0.6) is 0 Å². The number of carbonyl (C=O) groups is 1. The molecule has 2 aliphatic carbocycles. The molecule has 0 heterocycles. The zero-order valence-corrected chi connectivity index (χ0v) is 8.05. The van der Waals surface area contributed by atoms with Crippen LogP contribution in [0.2, 0.25) is 0 Å². The lowest BCUT2D eigenvalue weighted by Gasteiger charge is -2.32. The van der Waals surface area contributed by atoms with E-state index in [4.69, 9.17) is 0 Å². The zero-order valence-electron chi connectivity index (χ0n) is 8.05. The van der Waals surface area contributed by atoms with E-state index in [0.717, 1.165) is 31.3 Å². The molecule has 1 fully saturated rings. The molecule has 2 heteroatoms. The first kappa shape index (κ1) is 8.95. The van der Waals surface area contributed by atoms with Crippen LogP contribution in [0, 0.1) is 5.41 Å². The molecule has 0 amide bonds. The van der Waals surface area contributed by atoms with Crippen molar-refractivity contribution in [2.75, 3.05) is 0 Å². The van der Waals surface area contributed by atoms with Gasteiger partial charge in [0.2, 0.25) is 0 Å². The van der Waals surface area contributed by atoms with Crippen LogP contribution in [0.4, 0.5) is 0 Å². The van der Waals surface area contributed by atoms with Crippen molar-refractivity contribution >= 4 is 5.78 Å². The molecule has 2 aliphatic rings. The number of allylic oxidation sites excluding steroid dienone is 1. The van der Waals surface area contributed by atoms with Gasteiger partial charge in [-0.3, -0.25) is 4.79 Å². The minimum Gasteiger partial charge on any atom is -0.389 e. The van der Waals surface area contributed by atoms with Gasteiger partial charge in [-0.25, -0.2) is 0 Å². The first-order chi connectivity index (χ1) is 6.18. The summed E-state index contributed by atoms with van der Waals surface area (Å²) < 4.78 is 0. The van der Waals surface area contributed by atoms with E-state index in [-0.39, 0.29) is 17.3 Å². The highest BCUT2D eigenvalue weighted by molar-refractivity contribution is 5.92. The van der Waals surface area contributed by atoms with E-state index >= 15 is 0 Å². The lowest BCUT2D eigenvalue weighted by molar-refractivity contribution is -0.115. The molecule has 13 heavy (non-hydrogen) atoms. The molecule has 0 radical (unpaired) electrons. The van der Waals surface area contributed by atoms with Gasteiger partial charge in [0.25, 0.3) is 0 Å². The molecule has 0 saturated heterocycles. The second-order valence-corrected chi connectivity index (χ2v) is 4.25. The molecule has 0 aromatic rings. The Bertz CT molecular complexity index is 267. The number of rotatable bonds is 1. The molecule has 0 spiro atoms. The highest BCUT2D eigenvalue weighted by Gasteiger charge is 2.43. The van der Waals surface area contributed by atoms with E-state index in [2.05, 4.69) is 6.92 Å². The molecule has 2 nitrogen and oxygen atoms in total. The Morgan fingerprint density at radius 1 is 1.62 bits per heavy atom. The van der Waals surface area contributed by atoms with Crippen molar-refractivity contribution in [1.29, 1.82) is 0 Å². The van der Waals surface area contributed by atoms with Gasteiger partial charge in [-0.2, -0.15) is 0 Å². The number of carbonyl (C=O) groups excluding carboxylic acids is 1. The summed E-state index contributed by atoms with van der Waals surface area (Å²) in [5.74, 6) is 0.194. The standard InChI is InChI=1S/C11H16O2/c1-2-11-5-3-8(12)7-9(11)10(13)4-6-11/h7,10,13H,2-6H2,1H3/t10-,11+/m1/s1. The van der Waals surface area contributed by atoms with Crippen LogP contribution in [0.1, 0.15) is 39.0 Å². The van der Waals surface area contributed by atoms with E-state index in [1.165, 1.54) is 0 Å². The summed E-state index contributed by atoms with van der Waals surface area (Å²) in [6, 6.07) is 0. The zero-order chi connectivity index (χ0) is 9.47. The van der Waals surface area contributed by atoms with Gasteiger partial charge in [-0.15, -0.1) is 0 Å². The summed E-state index contributed by atoms with van der Waals surface area (Å²) in [6.07, 6.45) is 5.93. The van der Waals surface area contributed by atoms with Gasteiger partial charge >= 0.3 is 0 Å². The molecule has 2 atom stereocenters. The minimum atomic E-state index is -0.343. The fraction of sp³-hybridized carbons (Fsp3) is 0.727. The lowest BCUT2D eigenvalue weighted by atomic mass is 9.72. The molecule has 0 aliphatic heterocycles. The number of ketones is 1. The molecule has 2 rings (SSSR count). The highest BCUT2D eigenvalue weighted by atomic mass is 16.3. The third-order valence-electron chi connectivity index (χ3n) is 3.71. The average molecular weight is 180 g/mol. The Labute approximate surface area is 78.6 Å². The van der Waals surface area contributed by atoms with Gasteiger partial charge in [0.15, 0.2) is 5.78 Å². The van der Waals surface area contributed by atoms with E-state index < -0.39 is 0 Å². The van der Waals surface area contributed by atoms with Crippen molar-refractivity contribution in [3.63, 3.8) is 0 Å². The van der Waals surface area contributed by atoms with Crippen LogP contribution in [-0.4, -0.2) is 17.0 Å². The highest BCUT2D eigenvalue weighted by Crippen LogP contribution is 2.50. The topological polar surface area (TPSA) is 37.3 Å². The molecule has 0 unspecified atom stereocenters. The molecular formula is C11H16O2. The summed E-state index contributed by atoms with van der Waals surface area (Å²) in [5, 5.41) is 9.72. The molecule has 0 aromatic carbocycles. The van der Waals surface area contributed by atoms with Crippen molar-refractivity contribution in [3.8, 4) is 0 Å². The first-order valence-corrected chi connectivity index (χ1v) is 5.11. The molecular weight excluding hydrogens is 164 g/mol. The number of hydrogen-bond acceptors (Lipinski definition) is 2. The Hall–Kier alpha value is -0.630.